The molecule has 1 aromatic heterocycles. The van der Waals surface area contributed by atoms with Crippen LogP contribution in [0, 0.1) is 0 Å². The highest BCUT2D eigenvalue weighted by molar-refractivity contribution is 7.13. The second-order valence-corrected chi connectivity index (χ2v) is 19.7. The number of carbonyl (C=O) groups is 4. The molecule has 0 bridgehead atoms. The molecule has 0 spiro atoms. The molecule has 0 amide bonds. The van der Waals surface area contributed by atoms with Crippen molar-refractivity contribution in [2.24, 2.45) is 0 Å². The third kappa shape index (κ3) is 17.6. The molecule has 0 unspecified atom stereocenters. The van der Waals surface area contributed by atoms with Gasteiger partial charge in [-0.2, -0.15) is 0 Å². The fourth-order valence-electron chi connectivity index (χ4n) is 8.38. The van der Waals surface area contributed by atoms with Crippen LogP contribution < -0.4 is 18.9 Å². The molecule has 0 aliphatic rings. The van der Waals surface area contributed by atoms with Crippen LogP contribution in [0.25, 0.3) is 10.8 Å². The molecule has 0 saturated carbocycles. The first-order chi connectivity index (χ1) is 34.2. The third-order valence-corrected chi connectivity index (χ3v) is 14.1. The van der Waals surface area contributed by atoms with E-state index in [1.807, 2.05) is 24.3 Å². The molecule has 0 saturated heterocycles. The van der Waals surface area contributed by atoms with Gasteiger partial charge in [0.15, 0.2) is 0 Å². The molecule has 6 aromatic rings. The SMILES string of the molecule is CCCCCCCCCCCCc1ccc(C(=O)Oc2ccc(C(=O)Oc3ccc4ccc(OC(=O)c5ccc(OC(=O)c6ccc(CCCCCCCCCCCC)s6)cc5)c(Cl)c4c3)cc2)cc1. The average molecular weight is 986 g/mol. The number of esters is 4. The summed E-state index contributed by atoms with van der Waals surface area (Å²) in [5, 5.41) is 1.41. The Bertz CT molecular complexity index is 2560. The van der Waals surface area contributed by atoms with E-state index < -0.39 is 23.9 Å². The Balaban J connectivity index is 0.922. The molecule has 0 radical (unpaired) electrons. The van der Waals surface area contributed by atoms with Crippen LogP contribution in [0.1, 0.15) is 193 Å². The van der Waals surface area contributed by atoms with E-state index in [0.717, 1.165) is 31.1 Å². The highest BCUT2D eigenvalue weighted by Gasteiger charge is 2.18. The van der Waals surface area contributed by atoms with Crippen LogP contribution in [0.5, 0.6) is 23.0 Å². The van der Waals surface area contributed by atoms with Gasteiger partial charge >= 0.3 is 23.9 Å². The number of fused-ring (bicyclic) bond motifs is 1. The molecule has 0 atom stereocenters. The molecule has 10 heteroatoms. The van der Waals surface area contributed by atoms with Crippen molar-refractivity contribution in [3.63, 3.8) is 0 Å². The van der Waals surface area contributed by atoms with Crippen LogP contribution in [-0.2, 0) is 12.8 Å². The summed E-state index contributed by atoms with van der Waals surface area (Å²) in [6.07, 6.45) is 27.8. The van der Waals surface area contributed by atoms with E-state index in [1.54, 1.807) is 66.7 Å². The van der Waals surface area contributed by atoms with Gasteiger partial charge in [-0.05, 0) is 128 Å². The van der Waals surface area contributed by atoms with E-state index in [0.29, 0.717) is 27.3 Å². The molecule has 6 rings (SSSR count). The zero-order chi connectivity index (χ0) is 49.3. The molecule has 0 fully saturated rings. The summed E-state index contributed by atoms with van der Waals surface area (Å²) < 4.78 is 22.6. The maximum Gasteiger partial charge on any atom is 0.353 e. The van der Waals surface area contributed by atoms with Crippen molar-refractivity contribution in [1.29, 1.82) is 0 Å². The van der Waals surface area contributed by atoms with E-state index in [9.17, 15) is 19.2 Å². The van der Waals surface area contributed by atoms with E-state index in [2.05, 4.69) is 13.8 Å². The first-order valence-corrected chi connectivity index (χ1v) is 26.9. The molecule has 1 heterocycles. The number of thiophene rings is 1. The van der Waals surface area contributed by atoms with Gasteiger partial charge in [-0.1, -0.05) is 165 Å². The first kappa shape index (κ1) is 53.6. The molecule has 0 N–H and O–H groups in total. The number of aryl methyl sites for hydroxylation is 2. The van der Waals surface area contributed by atoms with Gasteiger partial charge in [0.05, 0.1) is 21.7 Å². The van der Waals surface area contributed by atoms with Gasteiger partial charge in [-0.25, -0.2) is 19.2 Å². The van der Waals surface area contributed by atoms with Crippen molar-refractivity contribution >= 4 is 57.6 Å². The summed E-state index contributed by atoms with van der Waals surface area (Å²) in [5.74, 6) is -1.24. The molecule has 370 valence electrons. The van der Waals surface area contributed by atoms with E-state index in [4.69, 9.17) is 30.5 Å². The topological polar surface area (TPSA) is 105 Å². The number of unbranched alkanes of at least 4 members (excludes halogenated alkanes) is 18. The van der Waals surface area contributed by atoms with Crippen molar-refractivity contribution in [2.45, 2.75) is 155 Å². The van der Waals surface area contributed by atoms with Gasteiger partial charge in [-0.15, -0.1) is 11.3 Å². The lowest BCUT2D eigenvalue weighted by molar-refractivity contribution is 0.0721. The minimum absolute atomic E-state index is 0.120. The standard InChI is InChI=1S/C60H69ClO8S/c1-3-5-7-9-11-13-15-17-19-21-23-44-25-27-46(28-26-44)57(62)66-49-35-30-47(31-36-49)58(63)68-51-39-29-45-34-41-54(56(61)53(45)43-51)69-59(64)48-32-37-50(38-33-48)67-60(65)55-42-40-52(70-55)24-22-20-18-16-14-12-10-8-6-4-2/h25-43H,3-24H2,1-2H3. The molecular weight excluding hydrogens is 916 g/mol. The highest BCUT2D eigenvalue weighted by Crippen LogP contribution is 2.36. The summed E-state index contributed by atoms with van der Waals surface area (Å²) in [7, 11) is 0. The summed E-state index contributed by atoms with van der Waals surface area (Å²) >= 11 is 8.22. The first-order valence-electron chi connectivity index (χ1n) is 25.7. The van der Waals surface area contributed by atoms with Gasteiger partial charge in [0.1, 0.15) is 27.9 Å². The fraction of sp³-hybridized carbons (Fsp3) is 0.400. The summed E-state index contributed by atoms with van der Waals surface area (Å²) in [6.45, 7) is 4.50. The summed E-state index contributed by atoms with van der Waals surface area (Å²) in [6, 6.07) is 32.0. The van der Waals surface area contributed by atoms with Crippen LogP contribution in [-0.4, -0.2) is 23.9 Å². The van der Waals surface area contributed by atoms with Crippen LogP contribution in [0.2, 0.25) is 5.02 Å². The maximum absolute atomic E-state index is 13.2. The van der Waals surface area contributed by atoms with Crippen molar-refractivity contribution in [2.75, 3.05) is 0 Å². The Morgan fingerprint density at radius 2 is 0.829 bits per heavy atom. The molecule has 70 heavy (non-hydrogen) atoms. The summed E-state index contributed by atoms with van der Waals surface area (Å²) in [5.41, 5.74) is 2.14. The lowest BCUT2D eigenvalue weighted by Crippen LogP contribution is -2.10. The zero-order valence-electron chi connectivity index (χ0n) is 41.1. The Labute approximate surface area is 424 Å². The normalized spacial score (nSPS) is 11.1. The summed E-state index contributed by atoms with van der Waals surface area (Å²) in [4.78, 5) is 53.9. The smallest absolute Gasteiger partial charge is 0.353 e. The van der Waals surface area contributed by atoms with Crippen LogP contribution >= 0.6 is 22.9 Å². The quantitative estimate of drug-likeness (QED) is 0.0250. The number of hydrogen-bond acceptors (Lipinski definition) is 9. The van der Waals surface area contributed by atoms with Gasteiger partial charge in [-0.3, -0.25) is 0 Å². The van der Waals surface area contributed by atoms with Crippen molar-refractivity contribution in [3.05, 3.63) is 152 Å². The minimum atomic E-state index is -0.654. The fourth-order valence-corrected chi connectivity index (χ4v) is 9.57. The van der Waals surface area contributed by atoms with Gasteiger partial charge in [0.2, 0.25) is 0 Å². The number of hydrogen-bond donors (Lipinski definition) is 0. The predicted molar refractivity (Wildman–Crippen MR) is 284 cm³/mol. The number of halogens is 1. The second-order valence-electron chi connectivity index (χ2n) is 18.2. The monoisotopic (exact) mass is 984 g/mol. The lowest BCUT2D eigenvalue weighted by atomic mass is 10.0. The second kappa shape index (κ2) is 29.4. The molecular formula is C60H69ClO8S. The van der Waals surface area contributed by atoms with E-state index >= 15 is 0 Å². The average Bonchev–Trinajstić information content (AvgIpc) is 3.86. The molecule has 0 aliphatic carbocycles. The highest BCUT2D eigenvalue weighted by atomic mass is 35.5. The van der Waals surface area contributed by atoms with E-state index in [1.165, 1.54) is 162 Å². The number of rotatable bonds is 30. The third-order valence-electron chi connectivity index (χ3n) is 12.6. The Morgan fingerprint density at radius 1 is 0.414 bits per heavy atom. The van der Waals surface area contributed by atoms with Gasteiger partial charge < -0.3 is 18.9 Å². The molecule has 8 nitrogen and oxygen atoms in total. The van der Waals surface area contributed by atoms with Crippen LogP contribution in [0.4, 0.5) is 0 Å². The van der Waals surface area contributed by atoms with Crippen LogP contribution in [0.15, 0.2) is 115 Å². The Kier molecular flexibility index (Phi) is 22.5. The predicted octanol–water partition coefficient (Wildman–Crippen LogP) is 17.4. The van der Waals surface area contributed by atoms with E-state index in [-0.39, 0.29) is 27.6 Å². The van der Waals surface area contributed by atoms with Crippen molar-refractivity contribution < 1.29 is 38.1 Å². The zero-order valence-corrected chi connectivity index (χ0v) is 42.7. The van der Waals surface area contributed by atoms with Gasteiger partial charge in [0.25, 0.3) is 0 Å². The van der Waals surface area contributed by atoms with Crippen LogP contribution in [0.3, 0.4) is 0 Å². The Morgan fingerprint density at radius 3 is 1.36 bits per heavy atom. The Hall–Kier alpha value is -5.77. The van der Waals surface area contributed by atoms with Crippen molar-refractivity contribution in [1.82, 2.24) is 0 Å². The molecule has 0 aliphatic heterocycles. The largest absolute Gasteiger partial charge is 0.423 e. The number of ether oxygens (including phenoxy) is 4. The number of carbonyl (C=O) groups excluding carboxylic acids is 4. The van der Waals surface area contributed by atoms with Crippen molar-refractivity contribution in [3.8, 4) is 23.0 Å². The lowest BCUT2D eigenvalue weighted by Gasteiger charge is -2.11. The minimum Gasteiger partial charge on any atom is -0.423 e. The number of benzene rings is 5. The maximum atomic E-state index is 13.2. The molecule has 5 aromatic carbocycles. The van der Waals surface area contributed by atoms with Gasteiger partial charge in [0, 0.05) is 10.3 Å².